The fourth-order valence-corrected chi connectivity index (χ4v) is 4.39. The molecule has 1 aromatic rings. The number of nitrogens with zero attached hydrogens (tertiary/aromatic N) is 2. The highest BCUT2D eigenvalue weighted by atomic mass is 19.4. The van der Waals surface area contributed by atoms with Gasteiger partial charge in [-0.15, -0.1) is 0 Å². The van der Waals surface area contributed by atoms with E-state index in [1.165, 1.54) is 0 Å². The van der Waals surface area contributed by atoms with Gasteiger partial charge in [-0.3, -0.25) is 4.79 Å². The zero-order chi connectivity index (χ0) is 27.5. The first-order chi connectivity index (χ1) is 17.1. The van der Waals surface area contributed by atoms with Crippen LogP contribution in [0.1, 0.15) is 58.9 Å². The molecule has 2 aliphatic rings. The molecule has 37 heavy (non-hydrogen) atoms. The number of carbonyl (C=O) groups excluding carboxylic acids is 3. The van der Waals surface area contributed by atoms with Crippen molar-refractivity contribution in [3.05, 3.63) is 23.6 Å². The largest absolute Gasteiger partial charge is 0.436 e. The Kier molecular flexibility index (Phi) is 8.53. The molecule has 206 valence electrons. The number of aromatic nitrogens is 1. The zero-order valence-corrected chi connectivity index (χ0v) is 21.2. The summed E-state index contributed by atoms with van der Waals surface area (Å²) in [6, 6.07) is -1.88. The number of alkyl carbamates (subject to hydrolysis) is 1. The topological polar surface area (TPSA) is 113 Å². The Bertz CT molecular complexity index is 1010. The molecule has 3 rings (SSSR count). The van der Waals surface area contributed by atoms with Gasteiger partial charge in [-0.25, -0.2) is 19.0 Å². The van der Waals surface area contributed by atoms with Gasteiger partial charge in [-0.05, 0) is 45.6 Å². The molecule has 1 saturated heterocycles. The van der Waals surface area contributed by atoms with Gasteiger partial charge in [-0.2, -0.15) is 13.2 Å². The first kappa shape index (κ1) is 28.5. The van der Waals surface area contributed by atoms with E-state index in [-0.39, 0.29) is 17.3 Å². The van der Waals surface area contributed by atoms with Gasteiger partial charge >= 0.3 is 18.3 Å². The van der Waals surface area contributed by atoms with Gasteiger partial charge in [0, 0.05) is 17.0 Å². The summed E-state index contributed by atoms with van der Waals surface area (Å²) in [6.07, 6.45) is -2.61. The van der Waals surface area contributed by atoms with Crippen molar-refractivity contribution in [1.82, 2.24) is 20.5 Å². The SMILES string of the molecule is CC1CCC(C(OC(=O)NC(C)(C)C)C(=O)Nc2cc(CN3C[C@@H](C(F)(F)F)NC3=O)c(F)cn2)CC1. The summed E-state index contributed by atoms with van der Waals surface area (Å²) < 4.78 is 58.8. The Hall–Kier alpha value is -3.12. The number of rotatable bonds is 6. The van der Waals surface area contributed by atoms with Crippen LogP contribution in [0.2, 0.25) is 0 Å². The zero-order valence-electron chi connectivity index (χ0n) is 21.2. The number of hydrogen-bond acceptors (Lipinski definition) is 5. The Balaban J connectivity index is 1.73. The molecule has 0 spiro atoms. The van der Waals surface area contributed by atoms with Crippen molar-refractivity contribution < 1.29 is 36.7 Å². The number of nitrogens with one attached hydrogen (secondary N) is 3. The molecule has 4 amide bonds. The van der Waals surface area contributed by atoms with Crippen molar-refractivity contribution in [2.24, 2.45) is 11.8 Å². The lowest BCUT2D eigenvalue weighted by Gasteiger charge is -2.32. The summed E-state index contributed by atoms with van der Waals surface area (Å²) in [5.74, 6) is -1.31. The molecule has 1 aromatic heterocycles. The lowest BCUT2D eigenvalue weighted by molar-refractivity contribution is -0.149. The molecular formula is C24H33F4N5O4. The van der Waals surface area contributed by atoms with Gasteiger partial charge in [0.15, 0.2) is 6.10 Å². The first-order valence-electron chi connectivity index (χ1n) is 12.2. The molecule has 1 unspecified atom stereocenters. The van der Waals surface area contributed by atoms with Gasteiger partial charge in [-0.1, -0.05) is 19.8 Å². The van der Waals surface area contributed by atoms with E-state index in [2.05, 4.69) is 22.5 Å². The third-order valence-corrected chi connectivity index (χ3v) is 6.39. The van der Waals surface area contributed by atoms with Crippen LogP contribution in [0, 0.1) is 17.7 Å². The first-order valence-corrected chi connectivity index (χ1v) is 12.2. The number of amides is 4. The Morgan fingerprint density at radius 3 is 2.43 bits per heavy atom. The van der Waals surface area contributed by atoms with Crippen LogP contribution in [0.15, 0.2) is 12.3 Å². The third-order valence-electron chi connectivity index (χ3n) is 6.39. The van der Waals surface area contributed by atoms with Gasteiger partial charge in [0.2, 0.25) is 0 Å². The van der Waals surface area contributed by atoms with Crippen LogP contribution in [0.25, 0.3) is 0 Å². The van der Waals surface area contributed by atoms with Crippen molar-refractivity contribution in [3.63, 3.8) is 0 Å². The Morgan fingerprint density at radius 2 is 1.86 bits per heavy atom. The molecule has 9 nitrogen and oxygen atoms in total. The molecule has 2 fully saturated rings. The van der Waals surface area contributed by atoms with Crippen molar-refractivity contribution in [1.29, 1.82) is 0 Å². The molecule has 1 saturated carbocycles. The molecule has 0 radical (unpaired) electrons. The highest BCUT2D eigenvalue weighted by Gasteiger charge is 2.47. The van der Waals surface area contributed by atoms with Crippen LogP contribution in [0.4, 0.5) is 33.0 Å². The predicted molar refractivity (Wildman–Crippen MR) is 126 cm³/mol. The summed E-state index contributed by atoms with van der Waals surface area (Å²) in [4.78, 5) is 42.3. The molecule has 13 heteroatoms. The summed E-state index contributed by atoms with van der Waals surface area (Å²) in [5.41, 5.74) is -0.711. The van der Waals surface area contributed by atoms with E-state index in [0.29, 0.717) is 18.8 Å². The fraction of sp³-hybridized carbons (Fsp3) is 0.667. The van der Waals surface area contributed by atoms with Crippen LogP contribution < -0.4 is 16.0 Å². The molecular weight excluding hydrogens is 498 g/mol. The maximum atomic E-state index is 14.4. The fourth-order valence-electron chi connectivity index (χ4n) is 4.39. The summed E-state index contributed by atoms with van der Waals surface area (Å²) in [6.45, 7) is 6.29. The van der Waals surface area contributed by atoms with Crippen LogP contribution >= 0.6 is 0 Å². The molecule has 3 N–H and O–H groups in total. The van der Waals surface area contributed by atoms with Gasteiger partial charge < -0.3 is 25.6 Å². The summed E-state index contributed by atoms with van der Waals surface area (Å²) >= 11 is 0. The van der Waals surface area contributed by atoms with Crippen LogP contribution in [0.3, 0.4) is 0 Å². The minimum atomic E-state index is -4.63. The molecule has 0 bridgehead atoms. The van der Waals surface area contributed by atoms with Gasteiger partial charge in [0.05, 0.1) is 19.3 Å². The van der Waals surface area contributed by atoms with Crippen molar-refractivity contribution in [2.75, 3.05) is 11.9 Å². The average Bonchev–Trinajstić information content (AvgIpc) is 3.14. The van der Waals surface area contributed by atoms with E-state index in [9.17, 15) is 31.9 Å². The smallest absolute Gasteiger partial charge is 0.410 e. The molecule has 1 aliphatic carbocycles. The second kappa shape index (κ2) is 11.1. The second-order valence-electron chi connectivity index (χ2n) is 10.8. The number of ether oxygens (including phenoxy) is 1. The van der Waals surface area contributed by atoms with Crippen molar-refractivity contribution in [2.45, 2.75) is 83.8 Å². The van der Waals surface area contributed by atoms with E-state index < -0.39 is 60.8 Å². The van der Waals surface area contributed by atoms with Crippen LogP contribution in [-0.4, -0.2) is 58.3 Å². The Labute approximate surface area is 212 Å². The van der Waals surface area contributed by atoms with E-state index in [0.717, 1.165) is 30.0 Å². The second-order valence-corrected chi connectivity index (χ2v) is 10.8. The number of carbonyl (C=O) groups is 3. The minimum Gasteiger partial charge on any atom is -0.436 e. The number of pyridine rings is 1. The van der Waals surface area contributed by atoms with Crippen molar-refractivity contribution in [3.8, 4) is 0 Å². The normalized spacial score (nSPS) is 23.3. The molecule has 2 atom stereocenters. The van der Waals surface area contributed by atoms with Crippen LogP contribution in [-0.2, 0) is 16.1 Å². The number of urea groups is 1. The van der Waals surface area contributed by atoms with Gasteiger partial charge in [0.1, 0.15) is 17.7 Å². The van der Waals surface area contributed by atoms with E-state index >= 15 is 0 Å². The number of hydrogen-bond donors (Lipinski definition) is 3. The lowest BCUT2D eigenvalue weighted by Crippen LogP contribution is -2.47. The quantitative estimate of drug-likeness (QED) is 0.473. The lowest BCUT2D eigenvalue weighted by atomic mass is 9.80. The van der Waals surface area contributed by atoms with Crippen molar-refractivity contribution >= 4 is 23.8 Å². The van der Waals surface area contributed by atoms with Crippen LogP contribution in [0.5, 0.6) is 0 Å². The summed E-state index contributed by atoms with van der Waals surface area (Å²) in [7, 11) is 0. The Morgan fingerprint density at radius 1 is 1.22 bits per heavy atom. The predicted octanol–water partition coefficient (Wildman–Crippen LogP) is 4.33. The maximum absolute atomic E-state index is 14.4. The third kappa shape index (κ3) is 7.93. The van der Waals surface area contributed by atoms with E-state index in [4.69, 9.17) is 4.74 Å². The van der Waals surface area contributed by atoms with E-state index in [1.54, 1.807) is 20.8 Å². The number of anilines is 1. The summed E-state index contributed by atoms with van der Waals surface area (Å²) in [5, 5.41) is 7.02. The number of alkyl halides is 3. The van der Waals surface area contributed by atoms with E-state index in [1.807, 2.05) is 5.32 Å². The minimum absolute atomic E-state index is 0.0811. The van der Waals surface area contributed by atoms with Gasteiger partial charge in [0.25, 0.3) is 5.91 Å². The molecule has 2 heterocycles. The number of halogens is 4. The maximum Gasteiger partial charge on any atom is 0.410 e. The highest BCUT2D eigenvalue weighted by Crippen LogP contribution is 2.32. The standard InChI is InChI=1S/C24H33F4N5O4/c1-13-5-7-14(8-6-13)19(37-22(36)32-23(2,3)4)20(34)31-18-9-15(16(25)10-29-18)11-33-12-17(24(26,27)28)30-21(33)35/h9-10,13-14,17,19H,5-8,11-12H2,1-4H3,(H,30,35)(H,32,36)(H,29,31,34)/t13?,14?,17-,19?/m0/s1. The molecule has 1 aliphatic heterocycles. The average molecular weight is 532 g/mol. The monoisotopic (exact) mass is 531 g/mol. The molecule has 0 aromatic carbocycles. The highest BCUT2D eigenvalue weighted by molar-refractivity contribution is 5.94.